The minimum atomic E-state index is -0.0459. The molecular formula is C10H14N4O2S. The van der Waals surface area contributed by atoms with Gasteiger partial charge in [0, 0.05) is 19.8 Å². The molecule has 1 unspecified atom stereocenters. The second-order valence-electron chi connectivity index (χ2n) is 4.16. The molecule has 0 aliphatic carbocycles. The van der Waals surface area contributed by atoms with E-state index in [1.807, 2.05) is 0 Å². The number of amides is 2. The van der Waals surface area contributed by atoms with E-state index in [0.29, 0.717) is 12.8 Å². The maximum absolute atomic E-state index is 12.0. The van der Waals surface area contributed by atoms with Crippen molar-refractivity contribution in [1.82, 2.24) is 15.1 Å². The number of nitrogens with zero attached hydrogens (tertiary/aromatic N) is 3. The molecule has 1 N–H and O–H groups in total. The lowest BCUT2D eigenvalue weighted by molar-refractivity contribution is 0.202. The minimum absolute atomic E-state index is 0.0459. The van der Waals surface area contributed by atoms with Gasteiger partial charge in [-0.05, 0) is 0 Å². The van der Waals surface area contributed by atoms with Gasteiger partial charge < -0.3 is 10.1 Å². The fourth-order valence-corrected chi connectivity index (χ4v) is 2.99. The van der Waals surface area contributed by atoms with Gasteiger partial charge >= 0.3 is 6.03 Å². The van der Waals surface area contributed by atoms with Crippen molar-refractivity contribution in [2.75, 3.05) is 33.1 Å². The number of likely N-dealkylation sites (N-methyl/N-ethyl adjacent to an activating group) is 1. The minimum Gasteiger partial charge on any atom is -0.372 e. The summed E-state index contributed by atoms with van der Waals surface area (Å²) in [5.41, 5.74) is 0.959. The molecule has 7 heteroatoms. The number of thioether (sulfide) groups is 1. The monoisotopic (exact) mass is 254 g/mol. The Labute approximate surface area is 104 Å². The molecule has 3 rings (SSSR count). The number of fused-ring (bicyclic) bond motifs is 1. The molecule has 0 radical (unpaired) electrons. The molecule has 3 aliphatic heterocycles. The summed E-state index contributed by atoms with van der Waals surface area (Å²) in [5, 5.41) is 4.16. The fraction of sp³-hybridized carbons (Fsp3) is 0.600. The highest BCUT2D eigenvalue weighted by molar-refractivity contribution is 8.03. The number of urea groups is 1. The third kappa shape index (κ3) is 1.79. The fourth-order valence-electron chi connectivity index (χ4n) is 1.87. The highest BCUT2D eigenvalue weighted by atomic mass is 32.2. The summed E-state index contributed by atoms with van der Waals surface area (Å²) in [5.74, 6) is 1.63. The third-order valence-electron chi connectivity index (χ3n) is 2.93. The summed E-state index contributed by atoms with van der Waals surface area (Å²) in [6.45, 7) is 1.38. The van der Waals surface area contributed by atoms with Gasteiger partial charge in [-0.2, -0.15) is 0 Å². The zero-order chi connectivity index (χ0) is 12.0. The van der Waals surface area contributed by atoms with Crippen molar-refractivity contribution in [1.29, 1.82) is 0 Å². The Kier molecular flexibility index (Phi) is 2.52. The smallest absolute Gasteiger partial charge is 0.330 e. The van der Waals surface area contributed by atoms with Gasteiger partial charge in [-0.25, -0.2) is 9.79 Å². The van der Waals surface area contributed by atoms with Crippen molar-refractivity contribution in [3.63, 3.8) is 0 Å². The molecule has 0 bridgehead atoms. The largest absolute Gasteiger partial charge is 0.372 e. The highest BCUT2D eigenvalue weighted by Crippen LogP contribution is 2.32. The van der Waals surface area contributed by atoms with Crippen molar-refractivity contribution in [2.45, 2.75) is 6.10 Å². The number of hydrogen-bond acceptors (Lipinski definition) is 5. The quantitative estimate of drug-likeness (QED) is 0.733. The first-order valence-corrected chi connectivity index (χ1v) is 6.46. The topological polar surface area (TPSA) is 60.5 Å². The molecule has 1 atom stereocenters. The lowest BCUT2D eigenvalue weighted by atomic mass is 10.3. The standard InChI is InChI=1S/C10H14N4O2S/c1-13-8-7(11-5-12-8)9(14(2)10(13)15)17-4-6-3-16-6/h6,11H,3-5H2,1-2H3. The highest BCUT2D eigenvalue weighted by Gasteiger charge is 2.36. The average molecular weight is 254 g/mol. The number of amidine groups is 1. The molecule has 0 saturated carbocycles. The normalized spacial score (nSPS) is 27.1. The molecule has 0 aromatic carbocycles. The average Bonchev–Trinajstić information content (AvgIpc) is 3.02. The predicted molar refractivity (Wildman–Crippen MR) is 65.6 cm³/mol. The summed E-state index contributed by atoms with van der Waals surface area (Å²) < 4.78 is 5.19. The number of ether oxygens (including phenoxy) is 1. The number of epoxide rings is 1. The maximum atomic E-state index is 12.0. The molecular weight excluding hydrogens is 240 g/mol. The van der Waals surface area contributed by atoms with E-state index < -0.39 is 0 Å². The molecule has 6 nitrogen and oxygen atoms in total. The summed E-state index contributed by atoms with van der Waals surface area (Å²) in [6.07, 6.45) is 0.345. The number of nitrogens with one attached hydrogen (secondary N) is 1. The molecule has 3 heterocycles. The Morgan fingerprint density at radius 1 is 1.53 bits per heavy atom. The molecule has 0 aromatic rings. The Hall–Kier alpha value is -1.21. The zero-order valence-electron chi connectivity index (χ0n) is 9.77. The van der Waals surface area contributed by atoms with E-state index in [4.69, 9.17) is 4.74 Å². The molecule has 2 amide bonds. The Balaban J connectivity index is 1.88. The zero-order valence-corrected chi connectivity index (χ0v) is 10.6. The van der Waals surface area contributed by atoms with Crippen LogP contribution in [0.3, 0.4) is 0 Å². The predicted octanol–water partition coefficient (Wildman–Crippen LogP) is 0.244. The van der Waals surface area contributed by atoms with E-state index >= 15 is 0 Å². The molecule has 3 aliphatic rings. The number of aliphatic imine (C=N–C) groups is 1. The van der Waals surface area contributed by atoms with Crippen LogP contribution in [0.5, 0.6) is 0 Å². The van der Waals surface area contributed by atoms with Crippen LogP contribution >= 0.6 is 11.8 Å². The van der Waals surface area contributed by atoms with Gasteiger partial charge in [0.1, 0.15) is 17.4 Å². The lowest BCUT2D eigenvalue weighted by Crippen LogP contribution is -2.47. The molecule has 0 aromatic heterocycles. The van der Waals surface area contributed by atoms with Crippen LogP contribution in [0.25, 0.3) is 0 Å². The van der Waals surface area contributed by atoms with Crippen molar-refractivity contribution < 1.29 is 9.53 Å². The number of rotatable bonds is 3. The van der Waals surface area contributed by atoms with Gasteiger partial charge in [0.15, 0.2) is 5.84 Å². The Morgan fingerprint density at radius 2 is 2.29 bits per heavy atom. The van der Waals surface area contributed by atoms with Gasteiger partial charge in [-0.15, -0.1) is 11.8 Å². The summed E-state index contributed by atoms with van der Waals surface area (Å²) in [7, 11) is 3.54. The number of carbonyl (C=O) groups is 1. The van der Waals surface area contributed by atoms with Gasteiger partial charge in [-0.3, -0.25) is 9.80 Å². The maximum Gasteiger partial charge on any atom is 0.330 e. The third-order valence-corrected chi connectivity index (χ3v) is 4.22. The van der Waals surface area contributed by atoms with Crippen LogP contribution in [0.4, 0.5) is 4.79 Å². The van der Waals surface area contributed by atoms with E-state index in [0.717, 1.165) is 28.9 Å². The molecule has 17 heavy (non-hydrogen) atoms. The lowest BCUT2D eigenvalue weighted by Gasteiger charge is -2.32. The molecule has 0 spiro atoms. The van der Waals surface area contributed by atoms with Crippen LogP contribution in [0.1, 0.15) is 0 Å². The second-order valence-corrected chi connectivity index (χ2v) is 5.17. The summed E-state index contributed by atoms with van der Waals surface area (Å²) in [4.78, 5) is 19.5. The van der Waals surface area contributed by atoms with E-state index in [9.17, 15) is 4.79 Å². The summed E-state index contributed by atoms with van der Waals surface area (Å²) >= 11 is 1.65. The van der Waals surface area contributed by atoms with Gasteiger partial charge in [0.2, 0.25) is 0 Å². The van der Waals surface area contributed by atoms with E-state index in [1.165, 1.54) is 0 Å². The first-order chi connectivity index (χ1) is 8.18. The van der Waals surface area contributed by atoms with Crippen LogP contribution in [-0.4, -0.2) is 60.9 Å². The Morgan fingerprint density at radius 3 is 3.00 bits per heavy atom. The first kappa shape index (κ1) is 10.9. The van der Waals surface area contributed by atoms with Crippen molar-refractivity contribution in [3.8, 4) is 0 Å². The first-order valence-electron chi connectivity index (χ1n) is 5.47. The van der Waals surface area contributed by atoms with E-state index in [1.54, 1.807) is 35.7 Å². The Bertz CT molecular complexity index is 430. The van der Waals surface area contributed by atoms with Gasteiger partial charge in [0.25, 0.3) is 0 Å². The van der Waals surface area contributed by atoms with E-state index in [-0.39, 0.29) is 6.03 Å². The van der Waals surface area contributed by atoms with Crippen molar-refractivity contribution in [3.05, 3.63) is 10.7 Å². The summed E-state index contributed by atoms with van der Waals surface area (Å²) in [6, 6.07) is -0.0459. The van der Waals surface area contributed by atoms with Crippen molar-refractivity contribution in [2.24, 2.45) is 4.99 Å². The SMILES string of the molecule is CN1C(=O)N(C)C(SCC2CO2)=C2NCN=C21. The van der Waals surface area contributed by atoms with Crippen molar-refractivity contribution >= 4 is 23.6 Å². The van der Waals surface area contributed by atoms with Crippen LogP contribution in [0.15, 0.2) is 15.7 Å². The number of hydrogen-bond donors (Lipinski definition) is 1. The van der Waals surface area contributed by atoms with Crippen LogP contribution in [0, 0.1) is 0 Å². The van der Waals surface area contributed by atoms with Crippen LogP contribution in [-0.2, 0) is 4.74 Å². The second kappa shape index (κ2) is 3.92. The molecule has 1 fully saturated rings. The van der Waals surface area contributed by atoms with Gasteiger partial charge in [0.05, 0.1) is 12.7 Å². The van der Waals surface area contributed by atoms with Crippen LogP contribution in [0.2, 0.25) is 0 Å². The molecule has 92 valence electrons. The van der Waals surface area contributed by atoms with Crippen LogP contribution < -0.4 is 5.32 Å². The number of carbonyl (C=O) groups excluding carboxylic acids is 1. The molecule has 1 saturated heterocycles. The van der Waals surface area contributed by atoms with Gasteiger partial charge in [-0.1, -0.05) is 0 Å². The van der Waals surface area contributed by atoms with E-state index in [2.05, 4.69) is 10.3 Å².